The van der Waals surface area contributed by atoms with Gasteiger partial charge in [-0.25, -0.2) is 4.79 Å². The molecule has 4 heteroatoms. The molecule has 0 N–H and O–H groups in total. The van der Waals surface area contributed by atoms with Crippen molar-refractivity contribution in [2.75, 3.05) is 13.2 Å². The molecule has 3 heterocycles. The van der Waals surface area contributed by atoms with E-state index in [4.69, 9.17) is 9.47 Å². The molecule has 3 saturated heterocycles. The van der Waals surface area contributed by atoms with E-state index in [0.29, 0.717) is 18.7 Å². The fourth-order valence-electron chi connectivity index (χ4n) is 5.61. The highest BCUT2D eigenvalue weighted by Gasteiger charge is 2.57. The average molecular weight is 361 g/mol. The number of rotatable bonds is 2. The Labute approximate surface area is 159 Å². The second-order valence-electron chi connectivity index (χ2n) is 8.48. The van der Waals surface area contributed by atoms with Crippen LogP contribution in [0.5, 0.6) is 0 Å². The predicted molar refractivity (Wildman–Crippen MR) is 102 cm³/mol. The molecule has 6 rings (SSSR count). The number of amides is 1. The number of epoxide rings is 1. The number of ether oxygens (including phenoxy) is 2. The number of benzene rings is 2. The van der Waals surface area contributed by atoms with Gasteiger partial charge in [0.15, 0.2) is 0 Å². The van der Waals surface area contributed by atoms with Crippen LogP contribution in [0, 0.1) is 0 Å². The van der Waals surface area contributed by atoms with Crippen LogP contribution >= 0.6 is 0 Å². The number of piperidine rings is 1. The third-order valence-corrected chi connectivity index (χ3v) is 6.93. The van der Waals surface area contributed by atoms with E-state index in [2.05, 4.69) is 48.5 Å². The van der Waals surface area contributed by atoms with Gasteiger partial charge in [-0.1, -0.05) is 48.5 Å². The summed E-state index contributed by atoms with van der Waals surface area (Å²) in [6.07, 6.45) is 3.99. The van der Waals surface area contributed by atoms with Crippen LogP contribution in [-0.2, 0) is 9.47 Å². The van der Waals surface area contributed by atoms with Gasteiger partial charge in [0, 0.05) is 18.0 Å². The van der Waals surface area contributed by atoms with Crippen molar-refractivity contribution in [3.05, 3.63) is 59.7 Å². The fourth-order valence-corrected chi connectivity index (χ4v) is 5.61. The van der Waals surface area contributed by atoms with Crippen LogP contribution in [0.4, 0.5) is 4.79 Å². The van der Waals surface area contributed by atoms with Crippen LogP contribution < -0.4 is 0 Å². The first kappa shape index (κ1) is 15.7. The smallest absolute Gasteiger partial charge is 0.410 e. The van der Waals surface area contributed by atoms with E-state index in [1.807, 2.05) is 4.90 Å². The number of fused-ring (bicyclic) bond motifs is 5. The molecule has 2 bridgehead atoms. The zero-order valence-corrected chi connectivity index (χ0v) is 15.3. The van der Waals surface area contributed by atoms with Crippen LogP contribution in [0.15, 0.2) is 48.5 Å². The summed E-state index contributed by atoms with van der Waals surface area (Å²) in [6, 6.07) is 17.5. The van der Waals surface area contributed by atoms with Crippen molar-refractivity contribution in [2.45, 2.75) is 49.3 Å². The third kappa shape index (κ3) is 2.36. The van der Waals surface area contributed by atoms with E-state index < -0.39 is 0 Å². The maximum atomic E-state index is 12.9. The number of carbonyl (C=O) groups is 1. The van der Waals surface area contributed by atoms with Gasteiger partial charge < -0.3 is 14.4 Å². The van der Waals surface area contributed by atoms with Gasteiger partial charge in [0.25, 0.3) is 0 Å². The second kappa shape index (κ2) is 5.59. The molecular weight excluding hydrogens is 338 g/mol. The third-order valence-electron chi connectivity index (χ3n) is 6.93. The predicted octanol–water partition coefficient (Wildman–Crippen LogP) is 4.33. The molecule has 1 amide bonds. The van der Waals surface area contributed by atoms with Gasteiger partial charge in [0.05, 0.1) is 12.2 Å². The minimum absolute atomic E-state index is 0.0892. The highest BCUT2D eigenvalue weighted by atomic mass is 16.6. The molecule has 1 aliphatic carbocycles. The normalized spacial score (nSPS) is 30.3. The second-order valence-corrected chi connectivity index (χ2v) is 8.48. The number of hydrogen-bond donors (Lipinski definition) is 0. The van der Waals surface area contributed by atoms with E-state index in [-0.39, 0.29) is 17.6 Å². The monoisotopic (exact) mass is 361 g/mol. The summed E-state index contributed by atoms with van der Waals surface area (Å²) < 4.78 is 11.6. The van der Waals surface area contributed by atoms with Crippen LogP contribution in [0.2, 0.25) is 0 Å². The van der Waals surface area contributed by atoms with E-state index in [1.54, 1.807) is 0 Å². The summed E-state index contributed by atoms with van der Waals surface area (Å²) >= 11 is 0. The lowest BCUT2D eigenvalue weighted by Gasteiger charge is -2.37. The zero-order valence-electron chi connectivity index (χ0n) is 15.3. The van der Waals surface area contributed by atoms with Gasteiger partial charge in [-0.05, 0) is 47.9 Å². The topological polar surface area (TPSA) is 42.1 Å². The van der Waals surface area contributed by atoms with Gasteiger partial charge in [0.2, 0.25) is 0 Å². The first-order chi connectivity index (χ1) is 13.2. The summed E-state index contributed by atoms with van der Waals surface area (Å²) in [4.78, 5) is 14.9. The lowest BCUT2D eigenvalue weighted by Crippen LogP contribution is -2.49. The van der Waals surface area contributed by atoms with Crippen LogP contribution in [0.1, 0.15) is 42.7 Å². The number of nitrogens with zero attached hydrogens (tertiary/aromatic N) is 1. The Morgan fingerprint density at radius 2 is 1.56 bits per heavy atom. The summed E-state index contributed by atoms with van der Waals surface area (Å²) in [5.41, 5.74) is 5.14. The summed E-state index contributed by atoms with van der Waals surface area (Å²) in [5.74, 6) is 0.127. The van der Waals surface area contributed by atoms with Crippen molar-refractivity contribution in [3.63, 3.8) is 0 Å². The lowest BCUT2D eigenvalue weighted by atomic mass is 9.91. The van der Waals surface area contributed by atoms with E-state index in [0.717, 1.165) is 32.3 Å². The molecule has 2 aromatic rings. The molecule has 3 aliphatic heterocycles. The molecule has 4 nitrogen and oxygen atoms in total. The number of hydrogen-bond acceptors (Lipinski definition) is 3. The van der Waals surface area contributed by atoms with Crippen molar-refractivity contribution < 1.29 is 14.3 Å². The summed E-state index contributed by atoms with van der Waals surface area (Å²) in [5, 5.41) is 0. The first-order valence-corrected chi connectivity index (χ1v) is 10.0. The van der Waals surface area contributed by atoms with Crippen molar-refractivity contribution in [3.8, 4) is 11.1 Å². The average Bonchev–Trinajstić information content (AvgIpc) is 3.27. The molecule has 1 spiro atoms. The first-order valence-electron chi connectivity index (χ1n) is 10.0. The molecule has 0 saturated carbocycles. The molecule has 2 atom stereocenters. The summed E-state index contributed by atoms with van der Waals surface area (Å²) in [6.45, 7) is 1.28. The highest BCUT2D eigenvalue weighted by Crippen LogP contribution is 2.49. The Morgan fingerprint density at radius 3 is 2.11 bits per heavy atom. The maximum Gasteiger partial charge on any atom is 0.410 e. The SMILES string of the molecule is O=C(OCC1c2ccccc2-c2ccccc21)N1C2CCC1CC1(CO1)C2. The molecule has 4 aliphatic rings. The van der Waals surface area contributed by atoms with Gasteiger partial charge >= 0.3 is 6.09 Å². The minimum atomic E-state index is -0.139. The van der Waals surface area contributed by atoms with Crippen LogP contribution in [-0.4, -0.2) is 41.9 Å². The van der Waals surface area contributed by atoms with Crippen LogP contribution in [0.25, 0.3) is 11.1 Å². The number of carbonyl (C=O) groups excluding carboxylic acids is 1. The van der Waals surface area contributed by atoms with Crippen molar-refractivity contribution in [2.24, 2.45) is 0 Å². The molecular formula is C23H23NO3. The molecule has 3 fully saturated rings. The maximum absolute atomic E-state index is 12.9. The Bertz CT molecular complexity index is 858. The standard InChI is InChI=1S/C23H23NO3/c25-22(24-15-9-10-16(24)12-23(11-15)14-27-23)26-13-21-19-7-3-1-5-17(19)18-6-2-4-8-20(18)21/h1-8,15-16,21H,9-14H2. The molecule has 2 unspecified atom stereocenters. The van der Waals surface area contributed by atoms with Crippen molar-refractivity contribution in [1.29, 1.82) is 0 Å². The highest BCUT2D eigenvalue weighted by molar-refractivity contribution is 5.79. The van der Waals surface area contributed by atoms with E-state index in [9.17, 15) is 4.79 Å². The van der Waals surface area contributed by atoms with Gasteiger partial charge in [0.1, 0.15) is 6.61 Å². The lowest BCUT2D eigenvalue weighted by molar-refractivity contribution is 0.0476. The van der Waals surface area contributed by atoms with E-state index >= 15 is 0 Å². The van der Waals surface area contributed by atoms with Gasteiger partial charge in [-0.3, -0.25) is 0 Å². The molecule has 0 aromatic heterocycles. The molecule has 2 aromatic carbocycles. The Morgan fingerprint density at radius 1 is 1.00 bits per heavy atom. The zero-order chi connectivity index (χ0) is 18.0. The Balaban J connectivity index is 1.22. The Kier molecular flexibility index (Phi) is 3.25. The summed E-state index contributed by atoms with van der Waals surface area (Å²) in [7, 11) is 0. The molecule has 0 radical (unpaired) electrons. The van der Waals surface area contributed by atoms with Crippen molar-refractivity contribution in [1.82, 2.24) is 4.90 Å². The van der Waals surface area contributed by atoms with Gasteiger partial charge in [-0.2, -0.15) is 0 Å². The van der Waals surface area contributed by atoms with Crippen molar-refractivity contribution >= 4 is 6.09 Å². The Hall–Kier alpha value is -2.33. The van der Waals surface area contributed by atoms with E-state index in [1.165, 1.54) is 22.3 Å². The quantitative estimate of drug-likeness (QED) is 0.748. The fraction of sp³-hybridized carbons (Fsp3) is 0.435. The largest absolute Gasteiger partial charge is 0.448 e. The van der Waals surface area contributed by atoms with Crippen LogP contribution in [0.3, 0.4) is 0 Å². The van der Waals surface area contributed by atoms with Gasteiger partial charge in [-0.15, -0.1) is 0 Å². The molecule has 138 valence electrons. The minimum Gasteiger partial charge on any atom is -0.448 e. The molecule has 27 heavy (non-hydrogen) atoms.